The lowest BCUT2D eigenvalue weighted by atomic mass is 10.2. The van der Waals surface area contributed by atoms with Gasteiger partial charge in [0.25, 0.3) is 0 Å². The molecule has 0 aliphatic carbocycles. The van der Waals surface area contributed by atoms with E-state index in [1.165, 1.54) is 11.3 Å². The molecule has 1 amide bonds. The van der Waals surface area contributed by atoms with E-state index in [2.05, 4.69) is 0 Å². The van der Waals surface area contributed by atoms with Crippen molar-refractivity contribution in [3.8, 4) is 0 Å². The van der Waals surface area contributed by atoms with E-state index in [9.17, 15) is 13.2 Å². The molecule has 0 spiro atoms. The van der Waals surface area contributed by atoms with Crippen LogP contribution in [0.4, 0.5) is 5.13 Å². The van der Waals surface area contributed by atoms with E-state index in [4.69, 9.17) is 16.6 Å². The Hall–Kier alpha value is -2.74. The van der Waals surface area contributed by atoms with Crippen molar-refractivity contribution in [2.75, 3.05) is 10.7 Å². The summed E-state index contributed by atoms with van der Waals surface area (Å²) < 4.78 is 26.0. The summed E-state index contributed by atoms with van der Waals surface area (Å²) in [6.07, 6.45) is 0.327. The minimum absolute atomic E-state index is 0.0906. The van der Waals surface area contributed by atoms with Gasteiger partial charge in [0.1, 0.15) is 0 Å². The summed E-state index contributed by atoms with van der Waals surface area (Å²) in [5.74, 6) is -0.262. The Labute approximate surface area is 202 Å². The first-order valence-electron chi connectivity index (χ1n) is 10.5. The Bertz CT molecular complexity index is 1330. The molecular formula is C25H23ClN2O3S2. The number of halogens is 1. The fourth-order valence-electron chi connectivity index (χ4n) is 3.53. The summed E-state index contributed by atoms with van der Waals surface area (Å²) >= 11 is 7.75. The standard InChI is InChI=1S/C25H23ClN2O3S2/c1-18-14-15-21(26)24-23(18)27-25(32-24)28(17-19-9-4-2-5-10-19)22(29)13-8-16-33(30,31)20-11-6-3-7-12-20/h2-7,9-12,14-15H,8,13,16-17H2,1H3. The van der Waals surface area contributed by atoms with Gasteiger partial charge < -0.3 is 0 Å². The van der Waals surface area contributed by atoms with Crippen LogP contribution < -0.4 is 4.90 Å². The molecule has 5 nitrogen and oxygen atoms in total. The highest BCUT2D eigenvalue weighted by Crippen LogP contribution is 2.36. The summed E-state index contributed by atoms with van der Waals surface area (Å²) in [6.45, 7) is 2.31. The smallest absolute Gasteiger partial charge is 0.229 e. The molecule has 0 radical (unpaired) electrons. The van der Waals surface area contributed by atoms with Crippen molar-refractivity contribution in [1.29, 1.82) is 0 Å². The van der Waals surface area contributed by atoms with Gasteiger partial charge in [0.2, 0.25) is 5.91 Å². The van der Waals surface area contributed by atoms with Gasteiger partial charge in [-0.15, -0.1) is 0 Å². The molecule has 0 N–H and O–H groups in total. The molecule has 4 aromatic rings. The lowest BCUT2D eigenvalue weighted by molar-refractivity contribution is -0.118. The van der Waals surface area contributed by atoms with E-state index >= 15 is 0 Å². The average molecular weight is 499 g/mol. The van der Waals surface area contributed by atoms with Crippen molar-refractivity contribution in [3.05, 3.63) is 88.9 Å². The highest BCUT2D eigenvalue weighted by molar-refractivity contribution is 7.91. The SMILES string of the molecule is Cc1ccc(Cl)c2sc(N(Cc3ccccc3)C(=O)CCCS(=O)(=O)c3ccccc3)nc12. The van der Waals surface area contributed by atoms with Crippen LogP contribution in [0.25, 0.3) is 10.2 Å². The molecule has 170 valence electrons. The lowest BCUT2D eigenvalue weighted by Crippen LogP contribution is -2.30. The number of aryl methyl sites for hydroxylation is 1. The summed E-state index contributed by atoms with van der Waals surface area (Å²) in [7, 11) is -3.44. The molecule has 0 aliphatic heterocycles. The van der Waals surface area contributed by atoms with Crippen molar-refractivity contribution in [1.82, 2.24) is 4.98 Å². The summed E-state index contributed by atoms with van der Waals surface area (Å²) in [5.41, 5.74) is 2.72. The minimum Gasteiger partial charge on any atom is -0.284 e. The summed E-state index contributed by atoms with van der Waals surface area (Å²) in [5, 5.41) is 1.15. The maximum Gasteiger partial charge on any atom is 0.229 e. The van der Waals surface area contributed by atoms with Crippen LogP contribution in [-0.4, -0.2) is 25.1 Å². The van der Waals surface area contributed by atoms with Gasteiger partial charge in [-0.3, -0.25) is 9.69 Å². The molecule has 4 rings (SSSR count). The second-order valence-electron chi connectivity index (χ2n) is 7.74. The predicted molar refractivity (Wildman–Crippen MR) is 135 cm³/mol. The van der Waals surface area contributed by atoms with E-state index in [-0.39, 0.29) is 29.4 Å². The van der Waals surface area contributed by atoms with Crippen molar-refractivity contribution >= 4 is 54.0 Å². The van der Waals surface area contributed by atoms with Gasteiger partial charge in [-0.1, -0.05) is 77.5 Å². The molecule has 0 aliphatic rings. The second-order valence-corrected chi connectivity index (χ2v) is 11.2. The van der Waals surface area contributed by atoms with E-state index < -0.39 is 9.84 Å². The van der Waals surface area contributed by atoms with Gasteiger partial charge >= 0.3 is 0 Å². The number of fused-ring (bicyclic) bond motifs is 1. The number of sulfone groups is 1. The highest BCUT2D eigenvalue weighted by atomic mass is 35.5. The van der Waals surface area contributed by atoms with Crippen LogP contribution in [0.2, 0.25) is 5.02 Å². The van der Waals surface area contributed by atoms with Crippen LogP contribution in [0.3, 0.4) is 0 Å². The highest BCUT2D eigenvalue weighted by Gasteiger charge is 2.22. The maximum absolute atomic E-state index is 13.3. The minimum atomic E-state index is -3.44. The number of aromatic nitrogens is 1. The third-order valence-electron chi connectivity index (χ3n) is 5.31. The number of hydrogen-bond acceptors (Lipinski definition) is 5. The van der Waals surface area contributed by atoms with E-state index in [1.807, 2.05) is 49.4 Å². The van der Waals surface area contributed by atoms with Crippen molar-refractivity contribution in [2.45, 2.75) is 31.2 Å². The number of carbonyl (C=O) groups is 1. The zero-order valence-electron chi connectivity index (χ0n) is 18.1. The third kappa shape index (κ3) is 5.43. The molecule has 0 unspecified atom stereocenters. The lowest BCUT2D eigenvalue weighted by Gasteiger charge is -2.20. The Kier molecular flexibility index (Phi) is 7.12. The Morgan fingerprint density at radius 3 is 2.33 bits per heavy atom. The second kappa shape index (κ2) is 10.0. The van der Waals surface area contributed by atoms with Crippen molar-refractivity contribution in [2.24, 2.45) is 0 Å². The summed E-state index contributed by atoms with van der Waals surface area (Å²) in [4.78, 5) is 19.9. The number of nitrogens with zero attached hydrogens (tertiary/aromatic N) is 2. The Morgan fingerprint density at radius 2 is 1.67 bits per heavy atom. The Balaban J connectivity index is 1.57. The van der Waals surface area contributed by atoms with Gasteiger partial charge in [-0.25, -0.2) is 13.4 Å². The van der Waals surface area contributed by atoms with Crippen LogP contribution in [0, 0.1) is 6.92 Å². The van der Waals surface area contributed by atoms with Gasteiger partial charge in [0.05, 0.1) is 32.4 Å². The fraction of sp³-hybridized carbons (Fsp3) is 0.200. The average Bonchev–Trinajstić information content (AvgIpc) is 3.27. The number of benzene rings is 3. The molecular weight excluding hydrogens is 476 g/mol. The van der Waals surface area contributed by atoms with Gasteiger partial charge in [-0.05, 0) is 42.7 Å². The molecule has 0 saturated carbocycles. The molecule has 0 fully saturated rings. The molecule has 0 bridgehead atoms. The van der Waals surface area contributed by atoms with E-state index in [0.29, 0.717) is 16.7 Å². The number of rotatable bonds is 8. The van der Waals surface area contributed by atoms with Crippen molar-refractivity contribution < 1.29 is 13.2 Å². The maximum atomic E-state index is 13.3. The zero-order valence-corrected chi connectivity index (χ0v) is 20.5. The monoisotopic (exact) mass is 498 g/mol. The van der Waals surface area contributed by atoms with Crippen LogP contribution in [0.5, 0.6) is 0 Å². The first-order valence-corrected chi connectivity index (χ1v) is 13.4. The largest absolute Gasteiger partial charge is 0.284 e. The third-order valence-corrected chi connectivity index (χ3v) is 8.66. The normalized spacial score (nSPS) is 11.6. The number of anilines is 1. The van der Waals surface area contributed by atoms with Crippen molar-refractivity contribution in [3.63, 3.8) is 0 Å². The molecule has 0 saturated heterocycles. The van der Waals surface area contributed by atoms with Gasteiger partial charge in [0, 0.05) is 6.42 Å². The number of thiazole rings is 1. The van der Waals surface area contributed by atoms with Crippen LogP contribution in [-0.2, 0) is 21.2 Å². The van der Waals surface area contributed by atoms with E-state index in [1.54, 1.807) is 35.2 Å². The number of hydrogen-bond donors (Lipinski definition) is 0. The van der Waals surface area contributed by atoms with Crippen LogP contribution in [0.1, 0.15) is 24.0 Å². The molecule has 33 heavy (non-hydrogen) atoms. The molecule has 0 atom stereocenters. The Morgan fingerprint density at radius 1 is 1.00 bits per heavy atom. The molecule has 1 aromatic heterocycles. The first-order chi connectivity index (χ1) is 15.8. The van der Waals surface area contributed by atoms with Crippen LogP contribution in [0.15, 0.2) is 77.7 Å². The van der Waals surface area contributed by atoms with Gasteiger partial charge in [0.15, 0.2) is 15.0 Å². The quantitative estimate of drug-likeness (QED) is 0.297. The topological polar surface area (TPSA) is 67.3 Å². The van der Waals surface area contributed by atoms with Gasteiger partial charge in [-0.2, -0.15) is 0 Å². The number of carbonyl (C=O) groups excluding carboxylic acids is 1. The zero-order chi connectivity index (χ0) is 23.4. The number of amides is 1. The molecule has 1 heterocycles. The first kappa shape index (κ1) is 23.4. The van der Waals surface area contributed by atoms with E-state index in [0.717, 1.165) is 21.3 Å². The molecule has 3 aromatic carbocycles. The van der Waals surface area contributed by atoms with Crippen LogP contribution >= 0.6 is 22.9 Å². The summed E-state index contributed by atoms with van der Waals surface area (Å²) in [6, 6.07) is 21.7. The fourth-order valence-corrected chi connectivity index (χ4v) is 6.19. The predicted octanol–water partition coefficient (Wildman–Crippen LogP) is 6.05. The molecule has 8 heteroatoms.